The molecule has 126 valence electrons. The molecule has 25 heavy (non-hydrogen) atoms. The normalized spacial score (nSPS) is 16.5. The van der Waals surface area contributed by atoms with Crippen LogP contribution >= 0.6 is 0 Å². The number of carbonyl (C=O) groups excluding carboxylic acids is 1. The van der Waals surface area contributed by atoms with Gasteiger partial charge in [-0.1, -0.05) is 0 Å². The van der Waals surface area contributed by atoms with Crippen LogP contribution in [0.3, 0.4) is 0 Å². The summed E-state index contributed by atoms with van der Waals surface area (Å²) in [7, 11) is 0. The van der Waals surface area contributed by atoms with Crippen molar-refractivity contribution >= 4 is 11.9 Å². The lowest BCUT2D eigenvalue weighted by Gasteiger charge is -2.25. The third kappa shape index (κ3) is 2.47. The van der Waals surface area contributed by atoms with Crippen LogP contribution in [-0.2, 0) is 4.79 Å². The summed E-state index contributed by atoms with van der Waals surface area (Å²) in [5.74, 6) is 1.84. The number of hydrogen-bond donors (Lipinski definition) is 2. The first kappa shape index (κ1) is 15.1. The Bertz CT molecular complexity index is 986. The number of allylic oxidation sites excluding steroid dienone is 1. The molecule has 1 aliphatic rings. The van der Waals surface area contributed by atoms with E-state index < -0.39 is 11.9 Å². The van der Waals surface area contributed by atoms with Crippen LogP contribution < -0.4 is 11.1 Å². The van der Waals surface area contributed by atoms with Gasteiger partial charge in [0.2, 0.25) is 11.9 Å². The van der Waals surface area contributed by atoms with Crippen LogP contribution in [0.15, 0.2) is 52.3 Å². The summed E-state index contributed by atoms with van der Waals surface area (Å²) in [6, 6.07) is 6.74. The van der Waals surface area contributed by atoms with E-state index in [2.05, 4.69) is 20.4 Å². The highest BCUT2D eigenvalue weighted by Crippen LogP contribution is 2.36. The van der Waals surface area contributed by atoms with Gasteiger partial charge in [-0.2, -0.15) is 4.98 Å². The lowest BCUT2D eigenvalue weighted by molar-refractivity contribution is -0.115. The fourth-order valence-electron chi connectivity index (χ4n) is 2.96. The second-order valence-electron chi connectivity index (χ2n) is 5.82. The third-order valence-electron chi connectivity index (χ3n) is 4.09. The van der Waals surface area contributed by atoms with Gasteiger partial charge in [0.15, 0.2) is 5.82 Å². The molecule has 8 heteroatoms. The number of furan rings is 1. The first-order chi connectivity index (χ1) is 12.0. The van der Waals surface area contributed by atoms with Crippen molar-refractivity contribution < 1.29 is 9.21 Å². The SMILES string of the molecule is CC1=C(C(N)=O)C(c2ccc(C)o2)n2nc(-c3ccncc3)nc2N1. The van der Waals surface area contributed by atoms with Crippen molar-refractivity contribution in [1.29, 1.82) is 0 Å². The Morgan fingerprint density at radius 2 is 2.00 bits per heavy atom. The lowest BCUT2D eigenvalue weighted by Crippen LogP contribution is -2.31. The number of pyridine rings is 1. The molecule has 1 aliphatic heterocycles. The Kier molecular flexibility index (Phi) is 3.38. The van der Waals surface area contributed by atoms with E-state index in [1.54, 1.807) is 24.0 Å². The highest BCUT2D eigenvalue weighted by Gasteiger charge is 2.35. The average molecular weight is 336 g/mol. The van der Waals surface area contributed by atoms with Crippen LogP contribution in [0.1, 0.15) is 24.5 Å². The number of hydrogen-bond acceptors (Lipinski definition) is 6. The van der Waals surface area contributed by atoms with E-state index in [1.807, 2.05) is 31.2 Å². The van der Waals surface area contributed by atoms with Crippen LogP contribution in [0.25, 0.3) is 11.4 Å². The summed E-state index contributed by atoms with van der Waals surface area (Å²) in [5.41, 5.74) is 7.47. The zero-order valence-electron chi connectivity index (χ0n) is 13.7. The summed E-state index contributed by atoms with van der Waals surface area (Å²) in [6.07, 6.45) is 3.35. The van der Waals surface area contributed by atoms with E-state index in [4.69, 9.17) is 10.2 Å². The number of aromatic nitrogens is 4. The topological polar surface area (TPSA) is 112 Å². The van der Waals surface area contributed by atoms with Crippen molar-refractivity contribution in [3.63, 3.8) is 0 Å². The first-order valence-electron chi connectivity index (χ1n) is 7.75. The number of nitrogens with one attached hydrogen (secondary N) is 1. The summed E-state index contributed by atoms with van der Waals surface area (Å²) in [6.45, 7) is 3.63. The van der Waals surface area contributed by atoms with Crippen molar-refractivity contribution in [3.8, 4) is 11.4 Å². The molecule has 0 aromatic carbocycles. The van der Waals surface area contributed by atoms with Crippen molar-refractivity contribution in [2.24, 2.45) is 5.73 Å². The molecule has 0 saturated carbocycles. The predicted octanol–water partition coefficient (Wildman–Crippen LogP) is 2.02. The molecule has 4 rings (SSSR count). The Morgan fingerprint density at radius 1 is 1.24 bits per heavy atom. The van der Waals surface area contributed by atoms with Crippen LogP contribution in [0, 0.1) is 6.92 Å². The second kappa shape index (κ2) is 5.59. The van der Waals surface area contributed by atoms with E-state index in [0.717, 1.165) is 11.3 Å². The zero-order chi connectivity index (χ0) is 17.6. The van der Waals surface area contributed by atoms with Gasteiger partial charge in [-0.25, -0.2) is 4.68 Å². The Labute approximate surface area is 143 Å². The molecule has 0 bridgehead atoms. The molecule has 0 fully saturated rings. The smallest absolute Gasteiger partial charge is 0.249 e. The molecule has 1 atom stereocenters. The molecule has 0 radical (unpaired) electrons. The largest absolute Gasteiger partial charge is 0.464 e. The Hall–Kier alpha value is -3.42. The predicted molar refractivity (Wildman–Crippen MR) is 90.4 cm³/mol. The number of amides is 1. The summed E-state index contributed by atoms with van der Waals surface area (Å²) >= 11 is 0. The van der Waals surface area contributed by atoms with Gasteiger partial charge >= 0.3 is 0 Å². The number of carbonyl (C=O) groups is 1. The number of aryl methyl sites for hydroxylation is 1. The molecule has 4 heterocycles. The number of rotatable bonds is 3. The van der Waals surface area contributed by atoms with E-state index >= 15 is 0 Å². The van der Waals surface area contributed by atoms with Crippen LogP contribution in [0.2, 0.25) is 0 Å². The van der Waals surface area contributed by atoms with Gasteiger partial charge in [-0.3, -0.25) is 9.78 Å². The van der Waals surface area contributed by atoms with Gasteiger partial charge in [0.1, 0.15) is 17.6 Å². The summed E-state index contributed by atoms with van der Waals surface area (Å²) < 4.78 is 7.38. The quantitative estimate of drug-likeness (QED) is 0.757. The third-order valence-corrected chi connectivity index (χ3v) is 4.09. The molecule has 0 saturated heterocycles. The van der Waals surface area contributed by atoms with Crippen molar-refractivity contribution in [2.45, 2.75) is 19.9 Å². The van der Waals surface area contributed by atoms with Crippen LogP contribution in [0.5, 0.6) is 0 Å². The first-order valence-corrected chi connectivity index (χ1v) is 7.75. The maximum atomic E-state index is 12.1. The number of nitrogens with zero attached hydrogens (tertiary/aromatic N) is 4. The monoisotopic (exact) mass is 336 g/mol. The summed E-state index contributed by atoms with van der Waals surface area (Å²) in [5, 5.41) is 7.67. The summed E-state index contributed by atoms with van der Waals surface area (Å²) in [4.78, 5) is 20.6. The van der Waals surface area contributed by atoms with Gasteiger partial charge in [0.25, 0.3) is 0 Å². The van der Waals surface area contributed by atoms with Crippen molar-refractivity contribution in [3.05, 3.63) is 59.4 Å². The Morgan fingerprint density at radius 3 is 2.64 bits per heavy atom. The highest BCUT2D eigenvalue weighted by atomic mass is 16.3. The average Bonchev–Trinajstić information content (AvgIpc) is 3.20. The molecular formula is C17H16N6O2. The maximum Gasteiger partial charge on any atom is 0.249 e. The van der Waals surface area contributed by atoms with E-state index in [9.17, 15) is 4.79 Å². The second-order valence-corrected chi connectivity index (χ2v) is 5.82. The molecule has 3 N–H and O–H groups in total. The minimum atomic E-state index is -0.564. The van der Waals surface area contributed by atoms with E-state index in [1.165, 1.54) is 0 Å². The van der Waals surface area contributed by atoms with E-state index in [-0.39, 0.29) is 0 Å². The molecule has 3 aromatic rings. The van der Waals surface area contributed by atoms with Crippen molar-refractivity contribution in [1.82, 2.24) is 19.7 Å². The van der Waals surface area contributed by atoms with E-state index in [0.29, 0.717) is 28.8 Å². The van der Waals surface area contributed by atoms with Gasteiger partial charge in [-0.15, -0.1) is 5.10 Å². The molecule has 8 nitrogen and oxygen atoms in total. The number of primary amides is 1. The fourth-order valence-corrected chi connectivity index (χ4v) is 2.96. The van der Waals surface area contributed by atoms with Crippen LogP contribution in [0.4, 0.5) is 5.95 Å². The van der Waals surface area contributed by atoms with Crippen molar-refractivity contribution in [2.75, 3.05) is 5.32 Å². The molecular weight excluding hydrogens is 320 g/mol. The van der Waals surface area contributed by atoms with Gasteiger partial charge in [-0.05, 0) is 38.1 Å². The number of anilines is 1. The lowest BCUT2D eigenvalue weighted by atomic mass is 10.0. The van der Waals surface area contributed by atoms with Gasteiger partial charge in [0.05, 0.1) is 5.57 Å². The minimum Gasteiger partial charge on any atom is -0.464 e. The molecule has 0 spiro atoms. The molecule has 3 aromatic heterocycles. The molecule has 0 aliphatic carbocycles. The van der Waals surface area contributed by atoms with Crippen LogP contribution in [-0.4, -0.2) is 25.7 Å². The maximum absolute atomic E-state index is 12.1. The van der Waals surface area contributed by atoms with Gasteiger partial charge in [0, 0.05) is 23.7 Å². The zero-order valence-corrected chi connectivity index (χ0v) is 13.7. The Balaban J connectivity index is 1.89. The molecule has 1 unspecified atom stereocenters. The number of nitrogens with two attached hydrogens (primary N) is 1. The van der Waals surface area contributed by atoms with Gasteiger partial charge < -0.3 is 15.5 Å². The minimum absolute atomic E-state index is 0.396. The number of fused-ring (bicyclic) bond motifs is 1. The molecule has 1 amide bonds. The fraction of sp³-hybridized carbons (Fsp3) is 0.176. The standard InChI is InChI=1S/C17H16N6O2/c1-9-3-4-12(25-9)14-13(15(18)24)10(2)20-17-21-16(22-23(14)17)11-5-7-19-8-6-11/h3-8,14H,1-2H3,(H2,18,24)(H,20,21,22). The highest BCUT2D eigenvalue weighted by molar-refractivity contribution is 5.95.